The fraction of sp³-hybridized carbons (Fsp3) is 0.400. The Morgan fingerprint density at radius 3 is 2.43 bits per heavy atom. The highest BCUT2D eigenvalue weighted by molar-refractivity contribution is 7.51. The lowest BCUT2D eigenvalue weighted by molar-refractivity contribution is 0.370. The third-order valence-corrected chi connectivity index (χ3v) is 3.25. The Hall–Kier alpha value is -0.630. The van der Waals surface area contributed by atoms with Crippen molar-refractivity contribution in [2.24, 2.45) is 0 Å². The maximum atomic E-state index is 10.8. The van der Waals surface area contributed by atoms with Gasteiger partial charge in [0.1, 0.15) is 0 Å². The number of rotatable bonds is 3. The molecule has 0 fully saturated rings. The van der Waals surface area contributed by atoms with Crippen molar-refractivity contribution in [3.63, 3.8) is 0 Å². The highest BCUT2D eigenvalue weighted by Gasteiger charge is 2.19. The van der Waals surface area contributed by atoms with E-state index in [0.29, 0.717) is 0 Å². The third kappa shape index (κ3) is 3.26. The molecule has 0 bridgehead atoms. The summed E-state index contributed by atoms with van der Waals surface area (Å²) in [4.78, 5) is 17.7. The molecule has 2 N–H and O–H groups in total. The molecule has 0 saturated carbocycles. The van der Waals surface area contributed by atoms with Crippen molar-refractivity contribution in [2.75, 3.05) is 6.16 Å². The molecule has 0 aliphatic carbocycles. The normalized spacial score (nSPS) is 14.0. The summed E-state index contributed by atoms with van der Waals surface area (Å²) >= 11 is 0. The number of benzene rings is 1. The van der Waals surface area contributed by atoms with Crippen molar-refractivity contribution >= 4 is 7.60 Å². The van der Waals surface area contributed by atoms with Crippen LogP contribution >= 0.6 is 7.60 Å². The maximum absolute atomic E-state index is 10.8. The smallest absolute Gasteiger partial charge is 0.324 e. The average Bonchev–Trinajstić information content (AvgIpc) is 2.01. The quantitative estimate of drug-likeness (QED) is 0.759. The van der Waals surface area contributed by atoms with Gasteiger partial charge in [-0.05, 0) is 24.0 Å². The summed E-state index contributed by atoms with van der Waals surface area (Å²) < 4.78 is 10.8. The molecule has 0 amide bonds. The van der Waals surface area contributed by atoms with Gasteiger partial charge in [0.25, 0.3) is 0 Å². The molecule has 0 saturated heterocycles. The summed E-state index contributed by atoms with van der Waals surface area (Å²) in [7, 11) is -3.91. The Morgan fingerprint density at radius 2 is 1.93 bits per heavy atom. The second-order valence-corrected chi connectivity index (χ2v) is 5.30. The van der Waals surface area contributed by atoms with E-state index < -0.39 is 7.60 Å². The fourth-order valence-electron chi connectivity index (χ4n) is 1.59. The van der Waals surface area contributed by atoms with Gasteiger partial charge in [0, 0.05) is 0 Å². The summed E-state index contributed by atoms with van der Waals surface area (Å²) in [6.07, 6.45) is -0.0855. The molecule has 0 aliphatic rings. The lowest BCUT2D eigenvalue weighted by Crippen LogP contribution is -2.02. The maximum Gasteiger partial charge on any atom is 0.326 e. The molecule has 0 aliphatic heterocycles. The zero-order chi connectivity index (χ0) is 10.8. The first-order valence-corrected chi connectivity index (χ1v) is 6.30. The minimum absolute atomic E-state index is 0.0855. The molecular weight excluding hydrogens is 199 g/mol. The fourth-order valence-corrected chi connectivity index (χ4v) is 2.51. The first-order valence-electron chi connectivity index (χ1n) is 4.50. The SMILES string of the molecule is Cc1ccccc1C(C)CP(=O)(O)O. The Bertz CT molecular complexity index is 356. The Balaban J connectivity index is 2.85. The van der Waals surface area contributed by atoms with Crippen LogP contribution in [0.3, 0.4) is 0 Å². The molecule has 0 radical (unpaired) electrons. The summed E-state index contributed by atoms with van der Waals surface area (Å²) in [6, 6.07) is 7.67. The lowest BCUT2D eigenvalue weighted by atomic mass is 9.98. The molecule has 1 aromatic rings. The van der Waals surface area contributed by atoms with E-state index in [4.69, 9.17) is 9.79 Å². The molecule has 0 heterocycles. The van der Waals surface area contributed by atoms with Gasteiger partial charge in [-0.25, -0.2) is 0 Å². The standard InChI is InChI=1S/C10H15O3P/c1-8-5-3-4-6-10(8)9(2)7-14(11,12)13/h3-6,9H,7H2,1-2H3,(H2,11,12,13). The van der Waals surface area contributed by atoms with Gasteiger partial charge in [0.2, 0.25) is 0 Å². The van der Waals surface area contributed by atoms with E-state index in [1.165, 1.54) is 0 Å². The molecule has 0 spiro atoms. The summed E-state index contributed by atoms with van der Waals surface area (Å²) in [5, 5.41) is 0. The van der Waals surface area contributed by atoms with Crippen LogP contribution in [0.4, 0.5) is 0 Å². The van der Waals surface area contributed by atoms with Crippen LogP contribution in [0.2, 0.25) is 0 Å². The van der Waals surface area contributed by atoms with Gasteiger partial charge in [-0.2, -0.15) is 0 Å². The van der Waals surface area contributed by atoms with Gasteiger partial charge in [-0.15, -0.1) is 0 Å². The van der Waals surface area contributed by atoms with Gasteiger partial charge in [0.15, 0.2) is 0 Å². The van der Waals surface area contributed by atoms with E-state index in [2.05, 4.69) is 0 Å². The van der Waals surface area contributed by atoms with Crippen LogP contribution in [0, 0.1) is 6.92 Å². The highest BCUT2D eigenvalue weighted by atomic mass is 31.2. The number of aryl methyl sites for hydroxylation is 1. The van der Waals surface area contributed by atoms with Gasteiger partial charge < -0.3 is 9.79 Å². The van der Waals surface area contributed by atoms with E-state index in [9.17, 15) is 4.57 Å². The van der Waals surface area contributed by atoms with Crippen molar-refractivity contribution in [1.29, 1.82) is 0 Å². The Labute approximate surface area is 83.9 Å². The molecule has 1 unspecified atom stereocenters. The molecule has 3 nitrogen and oxygen atoms in total. The van der Waals surface area contributed by atoms with E-state index in [0.717, 1.165) is 11.1 Å². The van der Waals surface area contributed by atoms with E-state index in [1.807, 2.05) is 38.1 Å². The zero-order valence-corrected chi connectivity index (χ0v) is 9.24. The van der Waals surface area contributed by atoms with Crippen LogP contribution in [0.15, 0.2) is 24.3 Å². The van der Waals surface area contributed by atoms with Gasteiger partial charge in [-0.3, -0.25) is 4.57 Å². The Kier molecular flexibility index (Phi) is 3.48. The van der Waals surface area contributed by atoms with Crippen LogP contribution in [0.25, 0.3) is 0 Å². The van der Waals surface area contributed by atoms with Crippen molar-refractivity contribution in [2.45, 2.75) is 19.8 Å². The van der Waals surface area contributed by atoms with E-state index >= 15 is 0 Å². The molecule has 1 atom stereocenters. The van der Waals surface area contributed by atoms with Crippen LogP contribution in [0.5, 0.6) is 0 Å². The van der Waals surface area contributed by atoms with Crippen molar-refractivity contribution < 1.29 is 14.4 Å². The number of hydrogen-bond acceptors (Lipinski definition) is 1. The minimum Gasteiger partial charge on any atom is -0.324 e. The lowest BCUT2D eigenvalue weighted by Gasteiger charge is -2.14. The van der Waals surface area contributed by atoms with Crippen LogP contribution in [-0.4, -0.2) is 15.9 Å². The van der Waals surface area contributed by atoms with Crippen LogP contribution in [0.1, 0.15) is 24.0 Å². The van der Waals surface area contributed by atoms with Crippen LogP contribution < -0.4 is 0 Å². The van der Waals surface area contributed by atoms with Crippen molar-refractivity contribution in [3.8, 4) is 0 Å². The molecule has 1 aromatic carbocycles. The van der Waals surface area contributed by atoms with Crippen molar-refractivity contribution in [1.82, 2.24) is 0 Å². The van der Waals surface area contributed by atoms with E-state index in [1.54, 1.807) is 0 Å². The number of hydrogen-bond donors (Lipinski definition) is 2. The molecule has 1 rings (SSSR count). The van der Waals surface area contributed by atoms with Gasteiger partial charge >= 0.3 is 7.60 Å². The molecule has 14 heavy (non-hydrogen) atoms. The average molecular weight is 214 g/mol. The predicted molar refractivity (Wildman–Crippen MR) is 56.5 cm³/mol. The third-order valence-electron chi connectivity index (χ3n) is 2.23. The monoisotopic (exact) mass is 214 g/mol. The van der Waals surface area contributed by atoms with Crippen LogP contribution in [-0.2, 0) is 4.57 Å². The first-order chi connectivity index (χ1) is 6.40. The minimum atomic E-state index is -3.91. The summed E-state index contributed by atoms with van der Waals surface area (Å²) in [6.45, 7) is 3.78. The molecule has 78 valence electrons. The summed E-state index contributed by atoms with van der Waals surface area (Å²) in [5.41, 5.74) is 2.09. The van der Waals surface area contributed by atoms with Gasteiger partial charge in [-0.1, -0.05) is 31.2 Å². The van der Waals surface area contributed by atoms with E-state index in [-0.39, 0.29) is 12.1 Å². The predicted octanol–water partition coefficient (Wildman–Crippen LogP) is 2.28. The topological polar surface area (TPSA) is 57.5 Å². The molecule has 4 heteroatoms. The largest absolute Gasteiger partial charge is 0.326 e. The second kappa shape index (κ2) is 4.26. The van der Waals surface area contributed by atoms with Gasteiger partial charge in [0.05, 0.1) is 6.16 Å². The first kappa shape index (κ1) is 11.4. The summed E-state index contributed by atoms with van der Waals surface area (Å²) in [5.74, 6) is -0.1000. The van der Waals surface area contributed by atoms with Crippen molar-refractivity contribution in [3.05, 3.63) is 35.4 Å². The Morgan fingerprint density at radius 1 is 1.36 bits per heavy atom. The molecular formula is C10H15O3P. The zero-order valence-electron chi connectivity index (χ0n) is 8.34. The molecule has 0 aromatic heterocycles. The second-order valence-electron chi connectivity index (χ2n) is 3.60. The highest BCUT2D eigenvalue weighted by Crippen LogP contribution is 2.40.